The molecule has 3 nitrogen and oxygen atoms in total. The normalized spacial score (nSPS) is 14.6. The average Bonchev–Trinajstić information content (AvgIpc) is 3.19. The van der Waals surface area contributed by atoms with E-state index in [1.165, 1.54) is 12.8 Å². The van der Waals surface area contributed by atoms with Gasteiger partial charge in [0.25, 0.3) is 0 Å². The molecule has 0 saturated heterocycles. The summed E-state index contributed by atoms with van der Waals surface area (Å²) in [6.07, 6.45) is 3.56. The van der Waals surface area contributed by atoms with Gasteiger partial charge in [-0.25, -0.2) is 0 Å². The summed E-state index contributed by atoms with van der Waals surface area (Å²) < 4.78 is 12.3. The van der Waals surface area contributed by atoms with Crippen molar-refractivity contribution < 1.29 is 9.47 Å². The van der Waals surface area contributed by atoms with Crippen molar-refractivity contribution in [3.8, 4) is 11.5 Å². The molecular weight excluding hydrogens is 294 g/mol. The van der Waals surface area contributed by atoms with E-state index in [2.05, 4.69) is 28.2 Å². The number of nitrogens with one attached hydrogen (secondary N) is 1. The molecule has 4 heteroatoms. The van der Waals surface area contributed by atoms with E-state index in [0.29, 0.717) is 12.6 Å². The van der Waals surface area contributed by atoms with Crippen molar-refractivity contribution in [3.63, 3.8) is 0 Å². The van der Waals surface area contributed by atoms with Crippen molar-refractivity contribution in [2.75, 3.05) is 13.7 Å². The SMILES string of the molecule is CCCOc1c(OC)ccc(Br)c1CNC1CC1. The largest absolute Gasteiger partial charge is 0.493 e. The van der Waals surface area contributed by atoms with Gasteiger partial charge in [0, 0.05) is 22.6 Å². The second-order valence-electron chi connectivity index (χ2n) is 4.56. The molecule has 1 aromatic carbocycles. The van der Waals surface area contributed by atoms with E-state index >= 15 is 0 Å². The molecule has 0 aromatic heterocycles. The first-order valence-corrected chi connectivity index (χ1v) is 7.27. The van der Waals surface area contributed by atoms with Crippen LogP contribution in [-0.4, -0.2) is 19.8 Å². The third kappa shape index (κ3) is 3.39. The van der Waals surface area contributed by atoms with Gasteiger partial charge < -0.3 is 14.8 Å². The van der Waals surface area contributed by atoms with E-state index in [4.69, 9.17) is 9.47 Å². The molecule has 1 saturated carbocycles. The molecule has 0 bridgehead atoms. The van der Waals surface area contributed by atoms with E-state index < -0.39 is 0 Å². The fraction of sp³-hybridized carbons (Fsp3) is 0.571. The highest BCUT2D eigenvalue weighted by Gasteiger charge is 2.22. The molecule has 18 heavy (non-hydrogen) atoms. The maximum atomic E-state index is 5.85. The zero-order valence-electron chi connectivity index (χ0n) is 11.0. The fourth-order valence-corrected chi connectivity index (χ4v) is 2.26. The number of ether oxygens (including phenoxy) is 2. The lowest BCUT2D eigenvalue weighted by atomic mass is 10.2. The predicted octanol–water partition coefficient (Wildman–Crippen LogP) is 3.50. The van der Waals surface area contributed by atoms with E-state index in [-0.39, 0.29) is 0 Å². The number of hydrogen-bond acceptors (Lipinski definition) is 3. The van der Waals surface area contributed by atoms with Crippen molar-refractivity contribution in [3.05, 3.63) is 22.2 Å². The Morgan fingerprint density at radius 2 is 2.17 bits per heavy atom. The maximum Gasteiger partial charge on any atom is 0.166 e. The third-order valence-corrected chi connectivity index (χ3v) is 3.73. The molecule has 0 atom stereocenters. The molecule has 2 rings (SSSR count). The molecule has 0 radical (unpaired) electrons. The molecule has 1 fully saturated rings. The summed E-state index contributed by atoms with van der Waals surface area (Å²) >= 11 is 3.60. The quantitative estimate of drug-likeness (QED) is 0.835. The number of methoxy groups -OCH3 is 1. The lowest BCUT2D eigenvalue weighted by molar-refractivity contribution is 0.290. The molecule has 1 N–H and O–H groups in total. The highest BCUT2D eigenvalue weighted by molar-refractivity contribution is 9.10. The molecule has 1 aliphatic rings. The van der Waals surface area contributed by atoms with Gasteiger partial charge in [0.15, 0.2) is 11.5 Å². The zero-order chi connectivity index (χ0) is 13.0. The molecule has 1 aromatic rings. The first kappa shape index (κ1) is 13.7. The second kappa shape index (κ2) is 6.43. The topological polar surface area (TPSA) is 30.5 Å². The van der Waals surface area contributed by atoms with E-state index in [9.17, 15) is 0 Å². The van der Waals surface area contributed by atoms with Crippen molar-refractivity contribution >= 4 is 15.9 Å². The van der Waals surface area contributed by atoms with Gasteiger partial charge in [-0.3, -0.25) is 0 Å². The molecule has 0 amide bonds. The summed E-state index contributed by atoms with van der Waals surface area (Å²) in [5, 5.41) is 3.52. The molecule has 0 aliphatic heterocycles. The first-order chi connectivity index (χ1) is 8.76. The summed E-state index contributed by atoms with van der Waals surface area (Å²) in [5.41, 5.74) is 1.15. The van der Waals surface area contributed by atoms with Crippen LogP contribution in [0.15, 0.2) is 16.6 Å². The van der Waals surface area contributed by atoms with E-state index in [1.54, 1.807) is 7.11 Å². The minimum absolute atomic E-state index is 0.683. The van der Waals surface area contributed by atoms with Crippen LogP contribution >= 0.6 is 15.9 Å². The molecular formula is C14H20BrNO2. The summed E-state index contributed by atoms with van der Waals surface area (Å²) in [6.45, 7) is 3.64. The number of benzene rings is 1. The fourth-order valence-electron chi connectivity index (χ4n) is 1.80. The van der Waals surface area contributed by atoms with Crippen LogP contribution in [0.4, 0.5) is 0 Å². The monoisotopic (exact) mass is 313 g/mol. The third-order valence-electron chi connectivity index (χ3n) is 2.98. The van der Waals surface area contributed by atoms with Crippen LogP contribution in [0.3, 0.4) is 0 Å². The summed E-state index contributed by atoms with van der Waals surface area (Å²) in [7, 11) is 1.68. The van der Waals surface area contributed by atoms with Gasteiger partial charge in [-0.2, -0.15) is 0 Å². The smallest absolute Gasteiger partial charge is 0.166 e. The van der Waals surface area contributed by atoms with Crippen LogP contribution in [0.1, 0.15) is 31.7 Å². The van der Waals surface area contributed by atoms with Crippen molar-refractivity contribution in [2.45, 2.75) is 38.8 Å². The number of halogens is 1. The number of hydrogen-bond donors (Lipinski definition) is 1. The summed E-state index contributed by atoms with van der Waals surface area (Å²) in [6, 6.07) is 4.64. The van der Waals surface area contributed by atoms with Gasteiger partial charge >= 0.3 is 0 Å². The maximum absolute atomic E-state index is 5.85. The highest BCUT2D eigenvalue weighted by atomic mass is 79.9. The molecule has 100 valence electrons. The Hall–Kier alpha value is -0.740. The summed E-state index contributed by atoms with van der Waals surface area (Å²) in [5.74, 6) is 1.67. The van der Waals surface area contributed by atoms with Crippen LogP contribution in [-0.2, 0) is 6.54 Å². The average molecular weight is 314 g/mol. The Morgan fingerprint density at radius 1 is 1.39 bits per heavy atom. The lowest BCUT2D eigenvalue weighted by Gasteiger charge is -2.16. The zero-order valence-corrected chi connectivity index (χ0v) is 12.5. The van der Waals surface area contributed by atoms with Crippen LogP contribution in [0.25, 0.3) is 0 Å². The Labute approximate surface area is 117 Å². The minimum Gasteiger partial charge on any atom is -0.493 e. The van der Waals surface area contributed by atoms with Crippen molar-refractivity contribution in [1.82, 2.24) is 5.32 Å². The van der Waals surface area contributed by atoms with Gasteiger partial charge in [0.2, 0.25) is 0 Å². The van der Waals surface area contributed by atoms with Gasteiger partial charge in [0.1, 0.15) is 0 Å². The first-order valence-electron chi connectivity index (χ1n) is 6.47. The predicted molar refractivity (Wildman–Crippen MR) is 76.3 cm³/mol. The van der Waals surface area contributed by atoms with Crippen molar-refractivity contribution in [1.29, 1.82) is 0 Å². The Bertz CT molecular complexity index is 405. The molecule has 0 unspecified atom stereocenters. The minimum atomic E-state index is 0.683. The number of rotatable bonds is 7. The van der Waals surface area contributed by atoms with E-state index in [1.807, 2.05) is 12.1 Å². The van der Waals surface area contributed by atoms with E-state index in [0.717, 1.165) is 34.5 Å². The Kier molecular flexibility index (Phi) is 4.89. The molecule has 0 spiro atoms. The lowest BCUT2D eigenvalue weighted by Crippen LogP contribution is -2.17. The molecule has 1 aliphatic carbocycles. The van der Waals surface area contributed by atoms with Gasteiger partial charge in [-0.1, -0.05) is 22.9 Å². The van der Waals surface area contributed by atoms with Gasteiger partial charge in [-0.05, 0) is 31.4 Å². The second-order valence-corrected chi connectivity index (χ2v) is 5.42. The van der Waals surface area contributed by atoms with Gasteiger partial charge in [-0.15, -0.1) is 0 Å². The van der Waals surface area contributed by atoms with Crippen LogP contribution < -0.4 is 14.8 Å². The van der Waals surface area contributed by atoms with Crippen LogP contribution in [0.2, 0.25) is 0 Å². The summed E-state index contributed by atoms with van der Waals surface area (Å²) in [4.78, 5) is 0. The van der Waals surface area contributed by atoms with Crippen LogP contribution in [0, 0.1) is 0 Å². The highest BCUT2D eigenvalue weighted by Crippen LogP contribution is 2.36. The Morgan fingerprint density at radius 3 is 2.78 bits per heavy atom. The standard InChI is InChI=1S/C14H20BrNO2/c1-3-8-18-14-11(9-16-10-4-5-10)12(15)6-7-13(14)17-2/h6-7,10,16H,3-5,8-9H2,1-2H3. The van der Waals surface area contributed by atoms with Gasteiger partial charge in [0.05, 0.1) is 13.7 Å². The Balaban J connectivity index is 2.19. The van der Waals surface area contributed by atoms with Crippen LogP contribution in [0.5, 0.6) is 11.5 Å². The molecule has 0 heterocycles. The van der Waals surface area contributed by atoms with Crippen molar-refractivity contribution in [2.24, 2.45) is 0 Å².